The summed E-state index contributed by atoms with van der Waals surface area (Å²) >= 11 is 0. The van der Waals surface area contributed by atoms with Gasteiger partial charge >= 0.3 is 0 Å². The Bertz CT molecular complexity index is 719. The number of benzene rings is 1. The number of hydrogen-bond donors (Lipinski definition) is 1. The molecule has 4 saturated heterocycles. The smallest absolute Gasteiger partial charge is 0.0233 e. The lowest BCUT2D eigenvalue weighted by atomic mass is 9.90. The summed E-state index contributed by atoms with van der Waals surface area (Å²) in [5, 5.41) is 3.64. The van der Waals surface area contributed by atoms with Crippen LogP contribution < -0.4 is 5.32 Å². The summed E-state index contributed by atoms with van der Waals surface area (Å²) < 4.78 is 0. The predicted octanol–water partition coefficient (Wildman–Crippen LogP) is 2.01. The van der Waals surface area contributed by atoms with Crippen molar-refractivity contribution in [3.05, 3.63) is 35.4 Å². The fourth-order valence-electron chi connectivity index (χ4n) is 7.54. The van der Waals surface area contributed by atoms with Crippen molar-refractivity contribution in [2.75, 3.05) is 59.9 Å². The van der Waals surface area contributed by atoms with Gasteiger partial charge in [0.15, 0.2) is 0 Å². The molecule has 1 aliphatic carbocycles. The standard InChI is InChI=1S/C25H38N4/c1-27-12-21-15-29(16-22(21)13-27)11-18-5-3-17(4-6-18)7-19-8-23(19)25-24-10-26-9-20(24)14-28(25)2/h3-6,19-26H,7-16H2,1-2H3/t19?,20?,21?,22?,23-,24?,25?/m0/s1. The van der Waals surface area contributed by atoms with Crippen molar-refractivity contribution in [1.29, 1.82) is 0 Å². The highest BCUT2D eigenvalue weighted by molar-refractivity contribution is 5.24. The third-order valence-electron chi connectivity index (χ3n) is 8.95. The fraction of sp³-hybridized carbons (Fsp3) is 0.760. The van der Waals surface area contributed by atoms with Crippen LogP contribution in [0.25, 0.3) is 0 Å². The minimum absolute atomic E-state index is 0.841. The zero-order valence-electron chi connectivity index (χ0n) is 18.3. The van der Waals surface area contributed by atoms with Crippen LogP contribution in [0, 0.1) is 35.5 Å². The van der Waals surface area contributed by atoms with Gasteiger partial charge in [-0.2, -0.15) is 0 Å². The van der Waals surface area contributed by atoms with Gasteiger partial charge in [0.2, 0.25) is 0 Å². The van der Waals surface area contributed by atoms with Crippen LogP contribution in [0.3, 0.4) is 0 Å². The lowest BCUT2D eigenvalue weighted by Gasteiger charge is -2.24. The van der Waals surface area contributed by atoms with Gasteiger partial charge < -0.3 is 15.1 Å². The van der Waals surface area contributed by atoms with Crippen molar-refractivity contribution in [3.63, 3.8) is 0 Å². The summed E-state index contributed by atoms with van der Waals surface area (Å²) in [6.45, 7) is 10.2. The third kappa shape index (κ3) is 3.56. The number of fused-ring (bicyclic) bond motifs is 2. The number of nitrogens with one attached hydrogen (secondary N) is 1. The molecule has 29 heavy (non-hydrogen) atoms. The average Bonchev–Trinajstić information content (AvgIpc) is 3.00. The molecule has 5 aliphatic rings. The van der Waals surface area contributed by atoms with Gasteiger partial charge in [0.25, 0.3) is 0 Å². The van der Waals surface area contributed by atoms with Crippen molar-refractivity contribution in [3.8, 4) is 0 Å². The Hall–Kier alpha value is -0.940. The van der Waals surface area contributed by atoms with E-state index < -0.39 is 0 Å². The number of hydrogen-bond acceptors (Lipinski definition) is 4. The molecule has 1 aromatic carbocycles. The van der Waals surface area contributed by atoms with Crippen LogP contribution in [-0.4, -0.2) is 80.7 Å². The minimum Gasteiger partial charge on any atom is -0.316 e. The molecule has 6 rings (SSSR count). The van der Waals surface area contributed by atoms with E-state index in [-0.39, 0.29) is 0 Å². The summed E-state index contributed by atoms with van der Waals surface area (Å²) in [6, 6.07) is 10.5. The summed E-state index contributed by atoms with van der Waals surface area (Å²) in [7, 11) is 4.65. The van der Waals surface area contributed by atoms with Gasteiger partial charge in [0.05, 0.1) is 0 Å². The first-order valence-corrected chi connectivity index (χ1v) is 12.0. The van der Waals surface area contributed by atoms with Gasteiger partial charge in [-0.05, 0) is 86.7 Å². The molecule has 4 heterocycles. The molecule has 6 unspecified atom stereocenters. The van der Waals surface area contributed by atoms with E-state index in [4.69, 9.17) is 0 Å². The normalized spacial score (nSPS) is 42.5. The lowest BCUT2D eigenvalue weighted by Crippen LogP contribution is -2.35. The summed E-state index contributed by atoms with van der Waals surface area (Å²) in [5.41, 5.74) is 3.06. The second-order valence-electron chi connectivity index (χ2n) is 11.1. The Morgan fingerprint density at radius 3 is 2.31 bits per heavy atom. The second kappa shape index (κ2) is 7.33. The molecule has 4 nitrogen and oxygen atoms in total. The first-order valence-electron chi connectivity index (χ1n) is 12.0. The summed E-state index contributed by atoms with van der Waals surface area (Å²) in [5.74, 6) is 5.51. The molecule has 4 heteroatoms. The van der Waals surface area contributed by atoms with Crippen molar-refractivity contribution in [1.82, 2.24) is 20.0 Å². The molecule has 0 aromatic heterocycles. The molecule has 4 aliphatic heterocycles. The lowest BCUT2D eigenvalue weighted by molar-refractivity contribution is 0.234. The Labute approximate surface area is 176 Å². The summed E-state index contributed by atoms with van der Waals surface area (Å²) in [4.78, 5) is 7.89. The Kier molecular flexibility index (Phi) is 4.75. The van der Waals surface area contributed by atoms with Gasteiger partial charge in [0, 0.05) is 45.3 Å². The van der Waals surface area contributed by atoms with Crippen molar-refractivity contribution < 1.29 is 0 Å². The van der Waals surface area contributed by atoms with Crippen LogP contribution in [0.1, 0.15) is 17.5 Å². The average molecular weight is 395 g/mol. The highest BCUT2D eigenvalue weighted by Crippen LogP contribution is 2.51. The molecule has 0 bridgehead atoms. The molecule has 1 N–H and O–H groups in total. The number of rotatable bonds is 5. The van der Waals surface area contributed by atoms with E-state index >= 15 is 0 Å². The number of nitrogens with zero attached hydrogens (tertiary/aromatic N) is 3. The molecule has 0 amide bonds. The van der Waals surface area contributed by atoms with E-state index in [0.717, 1.165) is 48.1 Å². The largest absolute Gasteiger partial charge is 0.316 e. The van der Waals surface area contributed by atoms with E-state index in [1.54, 1.807) is 5.56 Å². The molecule has 1 saturated carbocycles. The van der Waals surface area contributed by atoms with E-state index in [1.807, 2.05) is 0 Å². The van der Waals surface area contributed by atoms with E-state index in [0.29, 0.717) is 0 Å². The van der Waals surface area contributed by atoms with Crippen LogP contribution in [0.15, 0.2) is 24.3 Å². The van der Waals surface area contributed by atoms with Crippen LogP contribution in [-0.2, 0) is 13.0 Å². The third-order valence-corrected chi connectivity index (χ3v) is 8.95. The van der Waals surface area contributed by atoms with Gasteiger partial charge in [0.1, 0.15) is 0 Å². The number of likely N-dealkylation sites (tertiary alicyclic amines) is 3. The molecule has 7 atom stereocenters. The van der Waals surface area contributed by atoms with Crippen LogP contribution in [0.4, 0.5) is 0 Å². The van der Waals surface area contributed by atoms with Gasteiger partial charge in [-0.25, -0.2) is 0 Å². The molecular weight excluding hydrogens is 356 g/mol. The van der Waals surface area contributed by atoms with E-state index in [9.17, 15) is 0 Å². The molecular formula is C25H38N4. The Morgan fingerprint density at radius 1 is 0.828 bits per heavy atom. The van der Waals surface area contributed by atoms with Crippen molar-refractivity contribution in [2.24, 2.45) is 35.5 Å². The Morgan fingerprint density at radius 2 is 1.55 bits per heavy atom. The van der Waals surface area contributed by atoms with Crippen LogP contribution in [0.2, 0.25) is 0 Å². The van der Waals surface area contributed by atoms with E-state index in [2.05, 4.69) is 58.4 Å². The highest BCUT2D eigenvalue weighted by atomic mass is 15.2. The van der Waals surface area contributed by atoms with Crippen molar-refractivity contribution >= 4 is 0 Å². The monoisotopic (exact) mass is 394 g/mol. The first-order chi connectivity index (χ1) is 14.1. The zero-order valence-corrected chi connectivity index (χ0v) is 18.3. The maximum Gasteiger partial charge on any atom is 0.0233 e. The molecule has 5 fully saturated rings. The zero-order chi connectivity index (χ0) is 19.5. The maximum absolute atomic E-state index is 3.64. The highest BCUT2D eigenvalue weighted by Gasteiger charge is 2.53. The van der Waals surface area contributed by atoms with Crippen LogP contribution in [0.5, 0.6) is 0 Å². The quantitative estimate of drug-likeness (QED) is 0.825. The molecule has 0 radical (unpaired) electrons. The summed E-state index contributed by atoms with van der Waals surface area (Å²) in [6.07, 6.45) is 2.74. The van der Waals surface area contributed by atoms with Gasteiger partial charge in [-0.3, -0.25) is 4.90 Å². The Balaban J connectivity index is 1.02. The van der Waals surface area contributed by atoms with Gasteiger partial charge in [-0.15, -0.1) is 0 Å². The predicted molar refractivity (Wildman–Crippen MR) is 118 cm³/mol. The van der Waals surface area contributed by atoms with Gasteiger partial charge in [-0.1, -0.05) is 24.3 Å². The maximum atomic E-state index is 3.64. The fourth-order valence-corrected chi connectivity index (χ4v) is 7.54. The second-order valence-corrected chi connectivity index (χ2v) is 11.1. The van der Waals surface area contributed by atoms with Crippen molar-refractivity contribution in [2.45, 2.75) is 25.4 Å². The minimum atomic E-state index is 0.841. The van der Waals surface area contributed by atoms with E-state index in [1.165, 1.54) is 64.2 Å². The SMILES string of the molecule is CN1CC2CN(Cc3ccc(CC4C[C@@H]4C4C5CNCC5CN4C)cc3)CC2C1. The molecule has 0 spiro atoms. The van der Waals surface area contributed by atoms with Crippen LogP contribution >= 0.6 is 0 Å². The first kappa shape index (κ1) is 18.8. The topological polar surface area (TPSA) is 21.8 Å². The molecule has 1 aromatic rings. The molecule has 158 valence electrons.